The first-order valence-corrected chi connectivity index (χ1v) is 11.3. The van der Waals surface area contributed by atoms with Gasteiger partial charge in [0.1, 0.15) is 5.82 Å². The van der Waals surface area contributed by atoms with E-state index in [0.717, 1.165) is 16.8 Å². The molecule has 1 aliphatic carbocycles. The summed E-state index contributed by atoms with van der Waals surface area (Å²) in [6, 6.07) is 19.5. The second-order valence-corrected chi connectivity index (χ2v) is 8.67. The molecule has 2 atom stereocenters. The van der Waals surface area contributed by atoms with Gasteiger partial charge in [-0.15, -0.1) is 0 Å². The number of Topliss-reactive ketones (excluding diaryl/α,β-unsaturated/α-hetero) is 1. The average Bonchev–Trinajstić information content (AvgIpc) is 2.84. The van der Waals surface area contributed by atoms with E-state index in [1.165, 1.54) is 12.1 Å². The minimum atomic E-state index is -0.531. The van der Waals surface area contributed by atoms with E-state index in [4.69, 9.17) is 0 Å². The third-order valence-electron chi connectivity index (χ3n) is 6.47. The first-order chi connectivity index (χ1) is 16.5. The molecule has 6 heteroatoms. The minimum absolute atomic E-state index is 0.0213. The number of benzene rings is 2. The van der Waals surface area contributed by atoms with Crippen LogP contribution in [0.2, 0.25) is 0 Å². The number of carbonyl (C=O) groups excluding carboxylic acids is 2. The third kappa shape index (κ3) is 4.15. The molecule has 0 spiro atoms. The molecule has 3 aromatic rings. The Kier molecular flexibility index (Phi) is 5.80. The van der Waals surface area contributed by atoms with Crippen molar-refractivity contribution in [3.8, 4) is 0 Å². The number of nitrogens with zero attached hydrogens (tertiary/aromatic N) is 1. The van der Waals surface area contributed by atoms with Gasteiger partial charge < -0.3 is 10.6 Å². The standard InChI is InChI=1S/C28H24FN3O2/c1-17-25(28(34)32-22-9-5-8-21(29)16-22)26(19-10-12-30-13-11-19)27-23(31-17)14-20(15-24(27)33)18-6-3-2-4-7-18/h2-13,16,20,26,31H,14-15H2,1H3,(H,32,34). The maximum absolute atomic E-state index is 13.7. The molecule has 1 aromatic heterocycles. The van der Waals surface area contributed by atoms with Crippen molar-refractivity contribution in [2.75, 3.05) is 5.32 Å². The zero-order valence-corrected chi connectivity index (χ0v) is 18.7. The van der Waals surface area contributed by atoms with Crippen LogP contribution in [-0.2, 0) is 9.59 Å². The van der Waals surface area contributed by atoms with Gasteiger partial charge >= 0.3 is 0 Å². The summed E-state index contributed by atoms with van der Waals surface area (Å²) in [6.07, 6.45) is 4.39. The second-order valence-electron chi connectivity index (χ2n) is 8.67. The van der Waals surface area contributed by atoms with Gasteiger partial charge in [-0.1, -0.05) is 36.4 Å². The molecule has 5 rings (SSSR count). The Bertz CT molecular complexity index is 1320. The SMILES string of the molecule is CC1=C(C(=O)Nc2cccc(F)c2)C(c2ccncc2)C2=C(CC(c3ccccc3)CC2=O)N1. The third-order valence-corrected chi connectivity index (χ3v) is 6.47. The molecule has 2 aliphatic rings. The number of halogens is 1. The number of anilines is 1. The van der Waals surface area contributed by atoms with Gasteiger partial charge in [-0.3, -0.25) is 14.6 Å². The number of aromatic nitrogens is 1. The van der Waals surface area contributed by atoms with Crippen LogP contribution in [0.3, 0.4) is 0 Å². The number of carbonyl (C=O) groups is 2. The fourth-order valence-corrected chi connectivity index (χ4v) is 4.95. The van der Waals surface area contributed by atoms with E-state index in [1.807, 2.05) is 49.4 Å². The summed E-state index contributed by atoms with van der Waals surface area (Å²) in [5, 5.41) is 6.17. The largest absolute Gasteiger partial charge is 0.362 e. The first kappa shape index (κ1) is 21.8. The van der Waals surface area contributed by atoms with Crippen LogP contribution < -0.4 is 10.6 Å². The Balaban J connectivity index is 1.55. The molecule has 0 saturated heterocycles. The fourth-order valence-electron chi connectivity index (χ4n) is 4.95. The number of allylic oxidation sites excluding steroid dienone is 3. The minimum Gasteiger partial charge on any atom is -0.362 e. The van der Waals surface area contributed by atoms with Crippen LogP contribution in [-0.4, -0.2) is 16.7 Å². The zero-order valence-electron chi connectivity index (χ0n) is 18.7. The molecule has 0 fully saturated rings. The number of amides is 1. The van der Waals surface area contributed by atoms with Gasteiger partial charge in [0.25, 0.3) is 5.91 Å². The monoisotopic (exact) mass is 453 g/mol. The molecule has 0 bridgehead atoms. The van der Waals surface area contributed by atoms with E-state index >= 15 is 0 Å². The molecule has 2 heterocycles. The molecule has 170 valence electrons. The highest BCUT2D eigenvalue weighted by Gasteiger charge is 2.40. The summed E-state index contributed by atoms with van der Waals surface area (Å²) in [6.45, 7) is 1.84. The van der Waals surface area contributed by atoms with Crippen molar-refractivity contribution in [3.05, 3.63) is 119 Å². The number of ketones is 1. The van der Waals surface area contributed by atoms with Crippen LogP contribution in [0.5, 0.6) is 0 Å². The van der Waals surface area contributed by atoms with Gasteiger partial charge in [0.05, 0.1) is 0 Å². The van der Waals surface area contributed by atoms with Crippen LogP contribution in [0.1, 0.15) is 42.7 Å². The van der Waals surface area contributed by atoms with Crippen LogP contribution in [0.25, 0.3) is 0 Å². The topological polar surface area (TPSA) is 71.1 Å². The second kappa shape index (κ2) is 9.06. The van der Waals surface area contributed by atoms with Crippen LogP contribution in [0.4, 0.5) is 10.1 Å². The molecule has 0 saturated carbocycles. The van der Waals surface area contributed by atoms with Crippen LogP contribution in [0, 0.1) is 5.82 Å². The smallest absolute Gasteiger partial charge is 0.254 e. The fraction of sp³-hybridized carbons (Fsp3) is 0.179. The summed E-state index contributed by atoms with van der Waals surface area (Å²) in [7, 11) is 0. The number of rotatable bonds is 4. The predicted octanol–water partition coefficient (Wildman–Crippen LogP) is 5.22. The summed E-state index contributed by atoms with van der Waals surface area (Å²) >= 11 is 0. The highest BCUT2D eigenvalue weighted by Crippen LogP contribution is 2.45. The molecule has 2 aromatic carbocycles. The summed E-state index contributed by atoms with van der Waals surface area (Å²) in [5.41, 5.74) is 4.90. The molecular weight excluding hydrogens is 429 g/mol. The molecule has 34 heavy (non-hydrogen) atoms. The molecule has 1 amide bonds. The van der Waals surface area contributed by atoms with Crippen molar-refractivity contribution in [3.63, 3.8) is 0 Å². The van der Waals surface area contributed by atoms with E-state index in [1.54, 1.807) is 24.5 Å². The molecular formula is C28H24FN3O2. The number of hydrogen-bond acceptors (Lipinski definition) is 4. The Hall–Kier alpha value is -4.06. The molecule has 5 nitrogen and oxygen atoms in total. The number of pyridine rings is 1. The van der Waals surface area contributed by atoms with Crippen molar-refractivity contribution in [1.82, 2.24) is 10.3 Å². The average molecular weight is 454 g/mol. The van der Waals surface area contributed by atoms with Crippen molar-refractivity contribution < 1.29 is 14.0 Å². The molecule has 2 unspecified atom stereocenters. The number of hydrogen-bond donors (Lipinski definition) is 2. The highest BCUT2D eigenvalue weighted by molar-refractivity contribution is 6.10. The van der Waals surface area contributed by atoms with E-state index in [9.17, 15) is 14.0 Å². The van der Waals surface area contributed by atoms with Crippen molar-refractivity contribution in [2.24, 2.45) is 0 Å². The van der Waals surface area contributed by atoms with E-state index in [2.05, 4.69) is 15.6 Å². The maximum atomic E-state index is 13.7. The van der Waals surface area contributed by atoms with Gasteiger partial charge in [0.2, 0.25) is 0 Å². The predicted molar refractivity (Wildman–Crippen MR) is 128 cm³/mol. The summed E-state index contributed by atoms with van der Waals surface area (Å²) < 4.78 is 13.7. The Morgan fingerprint density at radius 2 is 1.76 bits per heavy atom. The van der Waals surface area contributed by atoms with Gasteiger partial charge in [-0.2, -0.15) is 0 Å². The molecule has 2 N–H and O–H groups in total. The maximum Gasteiger partial charge on any atom is 0.254 e. The van der Waals surface area contributed by atoms with Crippen molar-refractivity contribution >= 4 is 17.4 Å². The molecule has 0 radical (unpaired) electrons. The van der Waals surface area contributed by atoms with Crippen LogP contribution in [0.15, 0.2) is 102 Å². The van der Waals surface area contributed by atoms with Crippen molar-refractivity contribution in [2.45, 2.75) is 31.6 Å². The van der Waals surface area contributed by atoms with Crippen LogP contribution >= 0.6 is 0 Å². The molecule has 1 aliphatic heterocycles. The van der Waals surface area contributed by atoms with E-state index < -0.39 is 11.7 Å². The summed E-state index contributed by atoms with van der Waals surface area (Å²) in [5.74, 6) is -1.24. The lowest BCUT2D eigenvalue weighted by atomic mass is 9.71. The van der Waals surface area contributed by atoms with Gasteiger partial charge in [0, 0.05) is 53.0 Å². The number of dihydropyridines is 1. The Labute approximate surface area is 197 Å². The Morgan fingerprint density at radius 1 is 1.00 bits per heavy atom. The highest BCUT2D eigenvalue weighted by atomic mass is 19.1. The van der Waals surface area contributed by atoms with Gasteiger partial charge in [0.15, 0.2) is 5.78 Å². The lowest BCUT2D eigenvalue weighted by Crippen LogP contribution is -2.37. The Morgan fingerprint density at radius 3 is 2.50 bits per heavy atom. The number of nitrogens with one attached hydrogen (secondary N) is 2. The van der Waals surface area contributed by atoms with Crippen molar-refractivity contribution in [1.29, 1.82) is 0 Å². The van der Waals surface area contributed by atoms with Gasteiger partial charge in [-0.25, -0.2) is 4.39 Å². The van der Waals surface area contributed by atoms with E-state index in [0.29, 0.717) is 35.4 Å². The van der Waals surface area contributed by atoms with Gasteiger partial charge in [-0.05, 0) is 60.7 Å². The first-order valence-electron chi connectivity index (χ1n) is 11.3. The lowest BCUT2D eigenvalue weighted by molar-refractivity contribution is -0.116. The summed E-state index contributed by atoms with van der Waals surface area (Å²) in [4.78, 5) is 31.1. The lowest BCUT2D eigenvalue weighted by Gasteiger charge is -2.37. The quantitative estimate of drug-likeness (QED) is 0.568. The zero-order chi connectivity index (χ0) is 23.7. The van der Waals surface area contributed by atoms with E-state index in [-0.39, 0.29) is 17.6 Å². The normalized spacial score (nSPS) is 20.0.